The molecule has 0 fully saturated rings. The Morgan fingerprint density at radius 2 is 1.81 bits per heavy atom. The first-order valence-electron chi connectivity index (χ1n) is 10.5. The number of aryl methyl sites for hydroxylation is 3. The van der Waals surface area contributed by atoms with E-state index in [0.29, 0.717) is 12.8 Å². The lowest BCUT2D eigenvalue weighted by atomic mass is 9.96. The number of aromatic nitrogens is 5. The number of hydrogen-bond acceptors (Lipinski definition) is 6. The van der Waals surface area contributed by atoms with E-state index in [4.69, 9.17) is 0 Å². The molecule has 0 aliphatic carbocycles. The number of carbonyl (C=O) groups excluding carboxylic acids is 1. The smallest absolute Gasteiger partial charge is 0.220 e. The number of nitrogens with zero attached hydrogens (tertiary/aromatic N) is 5. The van der Waals surface area contributed by atoms with Gasteiger partial charge in [-0.1, -0.05) is 48.5 Å². The molecule has 2 atom stereocenters. The van der Waals surface area contributed by atoms with Crippen molar-refractivity contribution in [3.63, 3.8) is 0 Å². The van der Waals surface area contributed by atoms with Crippen LogP contribution < -0.4 is 5.32 Å². The number of amides is 1. The summed E-state index contributed by atoms with van der Waals surface area (Å²) >= 11 is 1.53. The van der Waals surface area contributed by atoms with Crippen LogP contribution in [-0.2, 0) is 11.2 Å². The molecule has 0 saturated heterocycles. The summed E-state index contributed by atoms with van der Waals surface area (Å²) in [4.78, 5) is 26.0. The Labute approximate surface area is 188 Å². The molecule has 31 heavy (non-hydrogen) atoms. The molecule has 0 spiro atoms. The Kier molecular flexibility index (Phi) is 7.79. The van der Waals surface area contributed by atoms with E-state index in [-0.39, 0.29) is 18.0 Å². The lowest BCUT2D eigenvalue weighted by Gasteiger charge is -2.28. The molecular formula is C23H30N6OS. The Morgan fingerprint density at radius 1 is 1.13 bits per heavy atom. The van der Waals surface area contributed by atoms with Gasteiger partial charge in [0.05, 0.1) is 12.1 Å². The van der Waals surface area contributed by atoms with Gasteiger partial charge in [-0.15, -0.1) is 0 Å². The molecule has 0 aliphatic rings. The molecule has 2 aromatic heterocycles. The summed E-state index contributed by atoms with van der Waals surface area (Å²) in [5.41, 5.74) is 5.22. The van der Waals surface area contributed by atoms with Crippen LogP contribution >= 0.6 is 11.8 Å². The van der Waals surface area contributed by atoms with E-state index in [0.717, 1.165) is 34.1 Å². The van der Waals surface area contributed by atoms with Crippen molar-refractivity contribution in [2.24, 2.45) is 0 Å². The van der Waals surface area contributed by atoms with E-state index >= 15 is 0 Å². The average Bonchev–Trinajstić information content (AvgIpc) is 3.28. The molecule has 3 rings (SSSR count). The second kappa shape index (κ2) is 10.5. The number of rotatable bonds is 9. The predicted molar refractivity (Wildman–Crippen MR) is 123 cm³/mol. The van der Waals surface area contributed by atoms with Crippen molar-refractivity contribution in [3.05, 3.63) is 65.0 Å². The van der Waals surface area contributed by atoms with Crippen LogP contribution in [0.3, 0.4) is 0 Å². The second-order valence-corrected chi connectivity index (χ2v) is 8.45. The standard InChI is InChI=1S/C23H30N6OS/c1-6-20(22(29-14-24-13-25-29)18-9-7-15(2)8-10-18)28-21(30)12-11-19-16(3)26-23(31-5)27-17(19)4/h7-10,13-14,20,22H,6,11-12H2,1-5H3,(H,28,30)/t20-,22+/m1/s1. The van der Waals surface area contributed by atoms with E-state index in [9.17, 15) is 4.79 Å². The molecule has 0 aliphatic heterocycles. The fourth-order valence-corrected chi connectivity index (χ4v) is 4.23. The molecule has 8 heteroatoms. The van der Waals surface area contributed by atoms with Crippen LogP contribution in [0, 0.1) is 20.8 Å². The zero-order valence-corrected chi connectivity index (χ0v) is 19.6. The molecule has 7 nitrogen and oxygen atoms in total. The summed E-state index contributed by atoms with van der Waals surface area (Å²) in [6, 6.07) is 8.12. The van der Waals surface area contributed by atoms with Gasteiger partial charge in [0.1, 0.15) is 12.7 Å². The number of benzene rings is 1. The minimum absolute atomic E-state index is 0.0109. The summed E-state index contributed by atoms with van der Waals surface area (Å²) in [6.07, 6.45) is 6.97. The Balaban J connectivity index is 1.74. The number of nitrogens with one attached hydrogen (secondary N) is 1. The summed E-state index contributed by atoms with van der Waals surface area (Å²) in [7, 11) is 0. The van der Waals surface area contributed by atoms with Crippen molar-refractivity contribution in [3.8, 4) is 0 Å². The van der Waals surface area contributed by atoms with Crippen LogP contribution in [0.1, 0.15) is 53.9 Å². The highest BCUT2D eigenvalue weighted by atomic mass is 32.2. The number of carbonyl (C=O) groups is 1. The normalized spacial score (nSPS) is 13.1. The van der Waals surface area contributed by atoms with Crippen molar-refractivity contribution in [2.45, 2.75) is 64.2 Å². The fourth-order valence-electron chi connectivity index (χ4n) is 3.78. The van der Waals surface area contributed by atoms with E-state index in [1.54, 1.807) is 6.33 Å². The van der Waals surface area contributed by atoms with E-state index in [1.807, 2.05) is 24.8 Å². The van der Waals surface area contributed by atoms with Crippen LogP contribution in [-0.4, -0.2) is 42.9 Å². The van der Waals surface area contributed by atoms with Crippen molar-refractivity contribution in [1.29, 1.82) is 0 Å². The average molecular weight is 439 g/mol. The molecule has 0 saturated carbocycles. The largest absolute Gasteiger partial charge is 0.351 e. The van der Waals surface area contributed by atoms with E-state index in [1.165, 1.54) is 23.7 Å². The molecule has 0 bridgehead atoms. The lowest BCUT2D eigenvalue weighted by molar-refractivity contribution is -0.122. The van der Waals surface area contributed by atoms with Gasteiger partial charge in [0.25, 0.3) is 0 Å². The molecule has 0 unspecified atom stereocenters. The van der Waals surface area contributed by atoms with Gasteiger partial charge >= 0.3 is 0 Å². The lowest BCUT2D eigenvalue weighted by Crippen LogP contribution is -2.41. The summed E-state index contributed by atoms with van der Waals surface area (Å²) in [6.45, 7) is 8.10. The van der Waals surface area contributed by atoms with Crippen LogP contribution in [0.25, 0.3) is 0 Å². The molecule has 2 heterocycles. The minimum atomic E-state index is -0.121. The highest BCUT2D eigenvalue weighted by molar-refractivity contribution is 7.98. The van der Waals surface area contributed by atoms with Crippen LogP contribution in [0.4, 0.5) is 0 Å². The van der Waals surface area contributed by atoms with Gasteiger partial charge in [-0.05, 0) is 51.0 Å². The van der Waals surface area contributed by atoms with Gasteiger partial charge in [-0.25, -0.2) is 19.6 Å². The van der Waals surface area contributed by atoms with Gasteiger partial charge in [-0.3, -0.25) is 4.79 Å². The third-order valence-corrected chi connectivity index (χ3v) is 6.04. The minimum Gasteiger partial charge on any atom is -0.351 e. The van der Waals surface area contributed by atoms with E-state index < -0.39 is 0 Å². The monoisotopic (exact) mass is 438 g/mol. The maximum Gasteiger partial charge on any atom is 0.220 e. The van der Waals surface area contributed by atoms with Gasteiger partial charge in [0, 0.05) is 17.8 Å². The zero-order valence-electron chi connectivity index (χ0n) is 18.8. The van der Waals surface area contributed by atoms with Gasteiger partial charge in [0.15, 0.2) is 5.16 Å². The maximum absolute atomic E-state index is 12.9. The second-order valence-electron chi connectivity index (χ2n) is 7.67. The third-order valence-electron chi connectivity index (χ3n) is 5.49. The number of thioether (sulfide) groups is 1. The molecule has 164 valence electrons. The molecule has 3 aromatic rings. The number of hydrogen-bond donors (Lipinski definition) is 1. The van der Waals surface area contributed by atoms with Crippen molar-refractivity contribution in [1.82, 2.24) is 30.0 Å². The quantitative estimate of drug-likeness (QED) is 0.404. The first-order chi connectivity index (χ1) is 14.9. The van der Waals surface area contributed by atoms with E-state index in [2.05, 4.69) is 63.5 Å². The Hall–Kier alpha value is -2.74. The van der Waals surface area contributed by atoms with Gasteiger partial charge < -0.3 is 5.32 Å². The summed E-state index contributed by atoms with van der Waals surface area (Å²) < 4.78 is 1.82. The fraction of sp³-hybridized carbons (Fsp3) is 0.435. The van der Waals surface area contributed by atoms with Crippen LogP contribution in [0.15, 0.2) is 42.1 Å². The van der Waals surface area contributed by atoms with Crippen molar-refractivity contribution < 1.29 is 4.79 Å². The first kappa shape index (κ1) is 22.9. The first-order valence-corrected chi connectivity index (χ1v) is 11.7. The summed E-state index contributed by atoms with van der Waals surface area (Å²) in [5.74, 6) is 0.0109. The molecule has 1 N–H and O–H groups in total. The maximum atomic E-state index is 12.9. The van der Waals surface area contributed by atoms with Gasteiger partial charge in [0.2, 0.25) is 5.91 Å². The van der Waals surface area contributed by atoms with Crippen molar-refractivity contribution >= 4 is 17.7 Å². The Bertz CT molecular complexity index is 980. The van der Waals surface area contributed by atoms with Crippen LogP contribution in [0.2, 0.25) is 0 Å². The van der Waals surface area contributed by atoms with Crippen LogP contribution in [0.5, 0.6) is 0 Å². The zero-order chi connectivity index (χ0) is 22.4. The Morgan fingerprint density at radius 3 is 2.35 bits per heavy atom. The molecular weight excluding hydrogens is 408 g/mol. The van der Waals surface area contributed by atoms with Gasteiger partial charge in [-0.2, -0.15) is 5.10 Å². The third kappa shape index (κ3) is 5.70. The topological polar surface area (TPSA) is 85.6 Å². The molecule has 0 radical (unpaired) electrons. The highest BCUT2D eigenvalue weighted by Crippen LogP contribution is 2.24. The molecule has 1 aromatic carbocycles. The SMILES string of the molecule is CC[C@@H](NC(=O)CCc1c(C)nc(SC)nc1C)[C@H](c1ccc(C)cc1)n1cncn1. The predicted octanol–water partition coefficient (Wildman–Crippen LogP) is 3.83. The van der Waals surface area contributed by atoms with Crippen molar-refractivity contribution in [2.75, 3.05) is 6.26 Å². The highest BCUT2D eigenvalue weighted by Gasteiger charge is 2.26. The molecule has 1 amide bonds. The summed E-state index contributed by atoms with van der Waals surface area (Å²) in [5, 5.41) is 8.35.